The molecule has 2 rings (SSSR count). The lowest BCUT2D eigenvalue weighted by Gasteiger charge is -2.18. The second kappa shape index (κ2) is 6.42. The van der Waals surface area contributed by atoms with Gasteiger partial charge in [-0.05, 0) is 59.1 Å². The summed E-state index contributed by atoms with van der Waals surface area (Å²) in [4.78, 5) is 7.71. The van der Waals surface area contributed by atoms with Crippen LogP contribution in [0, 0.1) is 0 Å². The summed E-state index contributed by atoms with van der Waals surface area (Å²) in [6.45, 7) is 2.80. The second-order valence-corrected chi connectivity index (χ2v) is 9.42. The van der Waals surface area contributed by atoms with Crippen molar-refractivity contribution < 1.29 is 17.7 Å². The molecule has 0 atom stereocenters. The summed E-state index contributed by atoms with van der Waals surface area (Å²) in [6, 6.07) is 3.03. The maximum absolute atomic E-state index is 12.9. The maximum Gasteiger partial charge on any atom is 0.416 e. The predicted molar refractivity (Wildman–Crippen MR) is 88.6 cm³/mol. The lowest BCUT2D eigenvalue weighted by atomic mass is 10.2. The van der Waals surface area contributed by atoms with Crippen molar-refractivity contribution in [2.24, 2.45) is 0 Å². The first-order valence-corrected chi connectivity index (χ1v) is 9.97. The number of alkyl halides is 3. The molecule has 0 bridgehead atoms. The molecule has 0 aliphatic heterocycles. The minimum Gasteiger partial charge on any atom is -0.339 e. The molecule has 10 heteroatoms. The van der Waals surface area contributed by atoms with E-state index in [1.807, 2.05) is 0 Å². The summed E-state index contributed by atoms with van der Waals surface area (Å²) in [5.41, 5.74) is -0.594. The van der Waals surface area contributed by atoms with Crippen molar-refractivity contribution >= 4 is 51.5 Å². The molecule has 4 nitrogen and oxygen atoms in total. The fourth-order valence-electron chi connectivity index (χ4n) is 1.82. The van der Waals surface area contributed by atoms with Crippen molar-refractivity contribution in [3.05, 3.63) is 39.7 Å². The Kier molecular flexibility index (Phi) is 5.09. The van der Waals surface area contributed by atoms with Crippen molar-refractivity contribution in [2.75, 3.05) is 18.6 Å². The Labute approximate surface area is 144 Å². The molecule has 0 unspecified atom stereocenters. The Morgan fingerprint density at radius 3 is 2.52 bits per heavy atom. The van der Waals surface area contributed by atoms with E-state index in [2.05, 4.69) is 31.2 Å². The molecule has 1 aromatic carbocycles. The van der Waals surface area contributed by atoms with Gasteiger partial charge in [0, 0.05) is 11.5 Å². The molecule has 0 spiro atoms. The van der Waals surface area contributed by atoms with Gasteiger partial charge in [-0.25, -0.2) is 4.98 Å². The first-order valence-electron chi connectivity index (χ1n) is 6.20. The average molecular weight is 429 g/mol. The van der Waals surface area contributed by atoms with Crippen LogP contribution in [0.3, 0.4) is 0 Å². The van der Waals surface area contributed by atoms with E-state index >= 15 is 0 Å². The number of rotatable bonds is 3. The number of nitrogens with one attached hydrogen (secondary N) is 1. The maximum atomic E-state index is 12.9. The van der Waals surface area contributed by atoms with Gasteiger partial charge >= 0.3 is 6.18 Å². The van der Waals surface area contributed by atoms with Gasteiger partial charge in [-0.2, -0.15) is 18.2 Å². The number of halogens is 5. The molecule has 0 amide bonds. The van der Waals surface area contributed by atoms with E-state index < -0.39 is 18.9 Å². The number of hydrogen-bond acceptors (Lipinski definition) is 4. The molecule has 0 saturated heterocycles. The van der Waals surface area contributed by atoms with E-state index in [-0.39, 0.29) is 22.1 Å². The molecule has 0 aliphatic rings. The van der Waals surface area contributed by atoms with Crippen LogP contribution in [0.25, 0.3) is 0 Å². The molecule has 0 aliphatic carbocycles. The Morgan fingerprint density at radius 2 is 1.96 bits per heavy atom. The quantitative estimate of drug-likeness (QED) is 0.558. The topological polar surface area (TPSA) is 54.9 Å². The van der Waals surface area contributed by atoms with Crippen molar-refractivity contribution in [1.29, 1.82) is 0 Å². The van der Waals surface area contributed by atoms with E-state index in [0.29, 0.717) is 4.47 Å². The van der Waals surface area contributed by atoms with Crippen molar-refractivity contribution in [3.8, 4) is 0 Å². The van der Waals surface area contributed by atoms with Crippen LogP contribution >= 0.6 is 34.7 Å². The Bertz CT molecular complexity index is 795. The highest BCUT2D eigenvalue weighted by molar-refractivity contribution is 9.10. The number of aromatic nitrogens is 2. The third kappa shape index (κ3) is 4.46. The lowest BCUT2D eigenvalue weighted by Crippen LogP contribution is -2.15. The molecule has 2 aromatic rings. The monoisotopic (exact) mass is 427 g/mol. The molecule has 124 valence electrons. The molecular weight excluding hydrogens is 417 g/mol. The average Bonchev–Trinajstić information content (AvgIpc) is 2.41. The summed E-state index contributed by atoms with van der Waals surface area (Å²) >= 11 is 8.93. The van der Waals surface area contributed by atoms with E-state index in [9.17, 15) is 17.7 Å². The molecule has 0 saturated carbocycles. The normalized spacial score (nSPS) is 12.3. The molecule has 0 fully saturated rings. The smallest absolute Gasteiger partial charge is 0.339 e. The standard InChI is InChI=1S/C13H11BrClF3N3OP/c1-23(2,22)10-5-7(13(16,17)18)3-4-9(10)20-11-8(14)6-19-12(15)21-11/h3-6H,1-2H3,(H,19,20,21). The third-order valence-corrected chi connectivity index (χ3v) is 5.17. The van der Waals surface area contributed by atoms with E-state index in [1.54, 1.807) is 0 Å². The van der Waals surface area contributed by atoms with Gasteiger partial charge in [-0.15, -0.1) is 0 Å². The highest BCUT2D eigenvalue weighted by Gasteiger charge is 2.32. The van der Waals surface area contributed by atoms with E-state index in [1.165, 1.54) is 25.6 Å². The minimum atomic E-state index is -4.51. The Morgan fingerprint density at radius 1 is 1.30 bits per heavy atom. The van der Waals surface area contributed by atoms with Crippen LogP contribution in [0.4, 0.5) is 24.7 Å². The van der Waals surface area contributed by atoms with E-state index in [4.69, 9.17) is 11.6 Å². The fourth-order valence-corrected chi connectivity index (χ4v) is 3.40. The Balaban J connectivity index is 2.54. The molecule has 1 N–H and O–H groups in total. The van der Waals surface area contributed by atoms with Gasteiger partial charge in [0.2, 0.25) is 5.28 Å². The van der Waals surface area contributed by atoms with Gasteiger partial charge in [-0.1, -0.05) is 0 Å². The van der Waals surface area contributed by atoms with Crippen LogP contribution in [-0.4, -0.2) is 23.3 Å². The summed E-state index contributed by atoms with van der Waals surface area (Å²) in [6.07, 6.45) is -3.11. The first kappa shape index (κ1) is 18.2. The second-order valence-electron chi connectivity index (χ2n) is 5.04. The number of hydrogen-bond donors (Lipinski definition) is 1. The number of anilines is 2. The predicted octanol–water partition coefficient (Wildman–Crippen LogP) is 4.90. The largest absolute Gasteiger partial charge is 0.416 e. The SMILES string of the molecule is CP(C)(=O)c1cc(C(F)(F)F)ccc1Nc1nc(Cl)ncc1Br. The van der Waals surface area contributed by atoms with Gasteiger partial charge in [0.15, 0.2) is 0 Å². The van der Waals surface area contributed by atoms with Gasteiger partial charge in [0.1, 0.15) is 13.0 Å². The highest BCUT2D eigenvalue weighted by atomic mass is 79.9. The number of benzene rings is 1. The van der Waals surface area contributed by atoms with Crippen LogP contribution in [0.2, 0.25) is 5.28 Å². The van der Waals surface area contributed by atoms with Gasteiger partial charge in [-0.3, -0.25) is 0 Å². The summed E-state index contributed by atoms with van der Waals surface area (Å²) in [7, 11) is -2.97. The molecule has 0 radical (unpaired) electrons. The summed E-state index contributed by atoms with van der Waals surface area (Å²) < 4.78 is 51.5. The van der Waals surface area contributed by atoms with Gasteiger partial charge < -0.3 is 9.88 Å². The van der Waals surface area contributed by atoms with Crippen LogP contribution in [-0.2, 0) is 10.7 Å². The number of nitrogens with zero attached hydrogens (tertiary/aromatic N) is 2. The van der Waals surface area contributed by atoms with Crippen molar-refractivity contribution in [1.82, 2.24) is 9.97 Å². The Hall–Kier alpha value is -1.11. The highest BCUT2D eigenvalue weighted by Crippen LogP contribution is 2.41. The zero-order chi connectivity index (χ0) is 17.4. The fraction of sp³-hybridized carbons (Fsp3) is 0.231. The van der Waals surface area contributed by atoms with Crippen molar-refractivity contribution in [3.63, 3.8) is 0 Å². The zero-order valence-corrected chi connectivity index (χ0v) is 15.2. The minimum absolute atomic E-state index is 0.0275. The van der Waals surface area contributed by atoms with Crippen LogP contribution in [0.1, 0.15) is 5.56 Å². The first-order chi connectivity index (χ1) is 10.5. The molecule has 23 heavy (non-hydrogen) atoms. The van der Waals surface area contributed by atoms with Crippen molar-refractivity contribution in [2.45, 2.75) is 6.18 Å². The molecule has 1 aromatic heterocycles. The summed E-state index contributed by atoms with van der Waals surface area (Å²) in [5, 5.41) is 2.90. The van der Waals surface area contributed by atoms with Crippen LogP contribution < -0.4 is 10.6 Å². The van der Waals surface area contributed by atoms with Crippen LogP contribution in [0.15, 0.2) is 28.9 Å². The zero-order valence-electron chi connectivity index (χ0n) is 11.9. The lowest BCUT2D eigenvalue weighted by molar-refractivity contribution is -0.137. The van der Waals surface area contributed by atoms with Gasteiger partial charge in [0.25, 0.3) is 0 Å². The van der Waals surface area contributed by atoms with Crippen LogP contribution in [0.5, 0.6) is 0 Å². The summed E-state index contributed by atoms with van der Waals surface area (Å²) in [5.74, 6) is 0.263. The van der Waals surface area contributed by atoms with E-state index in [0.717, 1.165) is 12.1 Å². The third-order valence-electron chi connectivity index (χ3n) is 2.87. The molecule has 1 heterocycles. The van der Waals surface area contributed by atoms with Gasteiger partial charge in [0.05, 0.1) is 15.7 Å². The molecular formula is C13H11BrClF3N3OP.